The van der Waals surface area contributed by atoms with Gasteiger partial charge in [0, 0.05) is 31.2 Å². The minimum atomic E-state index is -0.246. The highest BCUT2D eigenvalue weighted by Crippen LogP contribution is 2.30. The lowest BCUT2D eigenvalue weighted by Gasteiger charge is -2.35. The van der Waals surface area contributed by atoms with Crippen molar-refractivity contribution in [2.75, 3.05) is 26.2 Å². The van der Waals surface area contributed by atoms with Gasteiger partial charge in [0.2, 0.25) is 11.8 Å². The van der Waals surface area contributed by atoms with Crippen LogP contribution in [0.2, 0.25) is 5.02 Å². The van der Waals surface area contributed by atoms with Gasteiger partial charge in [-0.1, -0.05) is 37.6 Å². The second-order valence-electron chi connectivity index (χ2n) is 6.98. The van der Waals surface area contributed by atoms with E-state index >= 15 is 0 Å². The summed E-state index contributed by atoms with van der Waals surface area (Å²) in [5.41, 5.74) is 6.37. The van der Waals surface area contributed by atoms with E-state index in [2.05, 4.69) is 5.32 Å². The molecule has 138 valence electrons. The number of nitrogens with one attached hydrogen (secondary N) is 1. The minimum Gasteiger partial charge on any atom is -0.355 e. The summed E-state index contributed by atoms with van der Waals surface area (Å²) >= 11 is 6.11. The number of rotatable bonds is 6. The Morgan fingerprint density at radius 2 is 2.16 bits per heavy atom. The molecule has 0 aromatic heterocycles. The summed E-state index contributed by atoms with van der Waals surface area (Å²) in [6, 6.07) is 7.49. The predicted octanol–water partition coefficient (Wildman–Crippen LogP) is 2.39. The standard InChI is InChI=1S/C19H28ClN3O2/c1-13(2)17(14-5-3-7-16(20)11-14)19(25)23-10-4-6-15(12-23)18(24)22-9-8-21/h3,5,7,11,13,15,17H,4,6,8-10,12,21H2,1-2H3,(H,22,24). The molecule has 1 aliphatic heterocycles. The van der Waals surface area contributed by atoms with Crippen LogP contribution < -0.4 is 11.1 Å². The van der Waals surface area contributed by atoms with Crippen molar-refractivity contribution in [3.05, 3.63) is 34.9 Å². The summed E-state index contributed by atoms with van der Waals surface area (Å²) in [4.78, 5) is 27.2. The van der Waals surface area contributed by atoms with Gasteiger partial charge in [-0.25, -0.2) is 0 Å². The molecule has 1 heterocycles. The Morgan fingerprint density at radius 3 is 2.80 bits per heavy atom. The molecule has 0 saturated carbocycles. The second kappa shape index (κ2) is 9.20. The predicted molar refractivity (Wildman–Crippen MR) is 100 cm³/mol. The number of piperidine rings is 1. The van der Waals surface area contributed by atoms with Gasteiger partial charge in [0.05, 0.1) is 11.8 Å². The summed E-state index contributed by atoms with van der Waals surface area (Å²) in [7, 11) is 0. The van der Waals surface area contributed by atoms with Crippen molar-refractivity contribution in [3.63, 3.8) is 0 Å². The molecular weight excluding hydrogens is 338 g/mol. The second-order valence-corrected chi connectivity index (χ2v) is 7.42. The number of hydrogen-bond acceptors (Lipinski definition) is 3. The molecule has 2 rings (SSSR count). The molecule has 0 aliphatic carbocycles. The van der Waals surface area contributed by atoms with Crippen LogP contribution in [0.3, 0.4) is 0 Å². The van der Waals surface area contributed by atoms with Crippen LogP contribution in [0.4, 0.5) is 0 Å². The van der Waals surface area contributed by atoms with Crippen LogP contribution in [-0.2, 0) is 9.59 Å². The number of carbonyl (C=O) groups excluding carboxylic acids is 2. The van der Waals surface area contributed by atoms with Crippen molar-refractivity contribution in [2.45, 2.75) is 32.6 Å². The average Bonchev–Trinajstić information content (AvgIpc) is 2.59. The van der Waals surface area contributed by atoms with Crippen molar-refractivity contribution in [1.29, 1.82) is 0 Å². The van der Waals surface area contributed by atoms with E-state index in [0.29, 0.717) is 31.2 Å². The van der Waals surface area contributed by atoms with E-state index in [1.54, 1.807) is 0 Å². The molecule has 1 saturated heterocycles. The number of nitrogens with zero attached hydrogens (tertiary/aromatic N) is 1. The van der Waals surface area contributed by atoms with Crippen LogP contribution in [0.15, 0.2) is 24.3 Å². The molecule has 3 N–H and O–H groups in total. The van der Waals surface area contributed by atoms with Crippen LogP contribution in [0.1, 0.15) is 38.2 Å². The van der Waals surface area contributed by atoms with Gasteiger partial charge >= 0.3 is 0 Å². The fourth-order valence-corrected chi connectivity index (χ4v) is 3.64. The number of carbonyl (C=O) groups is 2. The first-order valence-corrected chi connectivity index (χ1v) is 9.33. The Balaban J connectivity index is 2.12. The normalized spacial score (nSPS) is 18.9. The lowest BCUT2D eigenvalue weighted by Crippen LogP contribution is -2.48. The average molecular weight is 366 g/mol. The number of hydrogen-bond donors (Lipinski definition) is 2. The van der Waals surface area contributed by atoms with Gasteiger partial charge in [-0.3, -0.25) is 9.59 Å². The third-order valence-corrected chi connectivity index (χ3v) is 4.92. The van der Waals surface area contributed by atoms with Gasteiger partial charge in [-0.2, -0.15) is 0 Å². The zero-order valence-corrected chi connectivity index (χ0v) is 15.8. The van der Waals surface area contributed by atoms with Crippen molar-refractivity contribution in [3.8, 4) is 0 Å². The smallest absolute Gasteiger partial charge is 0.230 e. The maximum Gasteiger partial charge on any atom is 0.230 e. The van der Waals surface area contributed by atoms with Crippen LogP contribution in [0.5, 0.6) is 0 Å². The minimum absolute atomic E-state index is 0.00759. The maximum absolute atomic E-state index is 13.2. The quantitative estimate of drug-likeness (QED) is 0.812. The number of amides is 2. The molecule has 1 aliphatic rings. The Hall–Kier alpha value is -1.59. The highest BCUT2D eigenvalue weighted by Gasteiger charge is 2.33. The van der Waals surface area contributed by atoms with Gasteiger partial charge in [0.15, 0.2) is 0 Å². The maximum atomic E-state index is 13.2. The van der Waals surface area contributed by atoms with Crippen molar-refractivity contribution < 1.29 is 9.59 Å². The third-order valence-electron chi connectivity index (χ3n) is 4.69. The van der Waals surface area contributed by atoms with Gasteiger partial charge < -0.3 is 16.0 Å². The zero-order valence-electron chi connectivity index (χ0n) is 15.0. The summed E-state index contributed by atoms with van der Waals surface area (Å²) < 4.78 is 0. The Morgan fingerprint density at radius 1 is 1.40 bits per heavy atom. The van der Waals surface area contributed by atoms with E-state index in [1.807, 2.05) is 43.0 Å². The van der Waals surface area contributed by atoms with Crippen LogP contribution in [-0.4, -0.2) is 42.9 Å². The van der Waals surface area contributed by atoms with Crippen molar-refractivity contribution in [2.24, 2.45) is 17.6 Å². The molecule has 0 spiro atoms. The molecule has 1 fully saturated rings. The largest absolute Gasteiger partial charge is 0.355 e. The molecule has 2 atom stereocenters. The van der Waals surface area contributed by atoms with Crippen LogP contribution in [0, 0.1) is 11.8 Å². The lowest BCUT2D eigenvalue weighted by atomic mass is 9.86. The molecule has 1 aromatic carbocycles. The van der Waals surface area contributed by atoms with Gasteiger partial charge in [-0.05, 0) is 36.5 Å². The first-order chi connectivity index (χ1) is 11.9. The number of halogens is 1. The SMILES string of the molecule is CC(C)C(C(=O)N1CCCC(C(=O)NCCN)C1)c1cccc(Cl)c1. The van der Waals surface area contributed by atoms with E-state index in [1.165, 1.54) is 0 Å². The molecule has 0 bridgehead atoms. The fourth-order valence-electron chi connectivity index (χ4n) is 3.44. The summed E-state index contributed by atoms with van der Waals surface area (Å²) in [5.74, 6) is -0.182. The van der Waals surface area contributed by atoms with Crippen molar-refractivity contribution in [1.82, 2.24) is 10.2 Å². The van der Waals surface area contributed by atoms with Gasteiger partial charge in [-0.15, -0.1) is 0 Å². The summed E-state index contributed by atoms with van der Waals surface area (Å²) in [6.45, 7) is 6.14. The molecule has 1 aromatic rings. The van der Waals surface area contributed by atoms with Crippen LogP contribution in [0.25, 0.3) is 0 Å². The Bertz CT molecular complexity index is 606. The van der Waals surface area contributed by atoms with E-state index in [9.17, 15) is 9.59 Å². The Kier molecular flexibility index (Phi) is 7.26. The van der Waals surface area contributed by atoms with E-state index in [4.69, 9.17) is 17.3 Å². The van der Waals surface area contributed by atoms with E-state index in [-0.39, 0.29) is 29.6 Å². The van der Waals surface area contributed by atoms with Gasteiger partial charge in [0.25, 0.3) is 0 Å². The molecule has 5 nitrogen and oxygen atoms in total. The first kappa shape index (κ1) is 19.7. The summed E-state index contributed by atoms with van der Waals surface area (Å²) in [6.07, 6.45) is 1.65. The number of nitrogens with two attached hydrogens (primary N) is 1. The first-order valence-electron chi connectivity index (χ1n) is 8.96. The number of benzene rings is 1. The van der Waals surface area contributed by atoms with Crippen molar-refractivity contribution >= 4 is 23.4 Å². The lowest BCUT2D eigenvalue weighted by molar-refractivity contribution is -0.137. The zero-order chi connectivity index (χ0) is 18.4. The molecule has 2 unspecified atom stereocenters. The topological polar surface area (TPSA) is 75.4 Å². The molecule has 25 heavy (non-hydrogen) atoms. The van der Waals surface area contributed by atoms with Crippen LogP contribution >= 0.6 is 11.6 Å². The number of likely N-dealkylation sites (tertiary alicyclic amines) is 1. The molecular formula is C19H28ClN3O2. The van der Waals surface area contributed by atoms with Gasteiger partial charge in [0.1, 0.15) is 0 Å². The third kappa shape index (κ3) is 5.19. The van der Waals surface area contributed by atoms with E-state index < -0.39 is 0 Å². The highest BCUT2D eigenvalue weighted by molar-refractivity contribution is 6.30. The molecule has 2 amide bonds. The fraction of sp³-hybridized carbons (Fsp3) is 0.579. The van der Waals surface area contributed by atoms with E-state index in [0.717, 1.165) is 18.4 Å². The molecule has 0 radical (unpaired) electrons. The molecule has 6 heteroatoms. The monoisotopic (exact) mass is 365 g/mol. The Labute approximate surface area is 154 Å². The summed E-state index contributed by atoms with van der Waals surface area (Å²) in [5, 5.41) is 3.47. The highest BCUT2D eigenvalue weighted by atomic mass is 35.5.